The Kier molecular flexibility index (Phi) is 3.78. The number of carbonyl (C=O) groups is 1. The number of aliphatic hydroxyl groups excluding tert-OH is 1. The van der Waals surface area contributed by atoms with Crippen molar-refractivity contribution in [1.29, 1.82) is 0 Å². The molecule has 0 aliphatic heterocycles. The van der Waals surface area contributed by atoms with Gasteiger partial charge in [-0.15, -0.1) is 0 Å². The molecule has 1 amide bonds. The summed E-state index contributed by atoms with van der Waals surface area (Å²) in [6, 6.07) is 0. The number of ether oxygens (including phenoxy) is 1. The summed E-state index contributed by atoms with van der Waals surface area (Å²) in [6.07, 6.45) is 2.25. The van der Waals surface area contributed by atoms with Gasteiger partial charge in [-0.2, -0.15) is 0 Å². The van der Waals surface area contributed by atoms with Crippen LogP contribution in [0.3, 0.4) is 0 Å². The second-order valence-electron chi connectivity index (χ2n) is 4.17. The Morgan fingerprint density at radius 3 is 2.44 bits per heavy atom. The molecule has 6 heteroatoms. The van der Waals surface area contributed by atoms with Crippen LogP contribution in [0.15, 0.2) is 12.4 Å². The van der Waals surface area contributed by atoms with Gasteiger partial charge >= 0.3 is 6.09 Å². The van der Waals surface area contributed by atoms with Crippen LogP contribution in [0.1, 0.15) is 26.6 Å². The van der Waals surface area contributed by atoms with E-state index in [1.807, 2.05) is 0 Å². The predicted octanol–water partition coefficient (Wildman–Crippen LogP) is 1.32. The van der Waals surface area contributed by atoms with Crippen LogP contribution in [0, 0.1) is 0 Å². The molecule has 88 valence electrons. The van der Waals surface area contributed by atoms with Crippen LogP contribution in [0.25, 0.3) is 0 Å². The highest BCUT2D eigenvalue weighted by molar-refractivity contribution is 5.84. The van der Waals surface area contributed by atoms with Crippen LogP contribution in [0.5, 0.6) is 0 Å². The molecule has 1 heterocycles. The molecule has 0 spiro atoms. The lowest BCUT2D eigenvalue weighted by Gasteiger charge is -2.19. The van der Waals surface area contributed by atoms with E-state index in [4.69, 9.17) is 9.84 Å². The number of anilines is 1. The monoisotopic (exact) mass is 225 g/mol. The predicted molar refractivity (Wildman–Crippen MR) is 57.8 cm³/mol. The van der Waals surface area contributed by atoms with Crippen LogP contribution in [-0.4, -0.2) is 26.8 Å². The van der Waals surface area contributed by atoms with E-state index in [9.17, 15) is 4.79 Å². The summed E-state index contributed by atoms with van der Waals surface area (Å²) < 4.78 is 5.04. The minimum absolute atomic E-state index is 0.229. The Hall–Kier alpha value is -1.69. The number of hydrogen-bond acceptors (Lipinski definition) is 5. The molecule has 1 aromatic heterocycles. The van der Waals surface area contributed by atoms with E-state index >= 15 is 0 Å². The third-order valence-corrected chi connectivity index (χ3v) is 1.49. The molecular weight excluding hydrogens is 210 g/mol. The summed E-state index contributed by atoms with van der Waals surface area (Å²) >= 11 is 0. The van der Waals surface area contributed by atoms with Crippen molar-refractivity contribution in [3.8, 4) is 0 Å². The molecule has 1 aromatic rings. The van der Waals surface area contributed by atoms with E-state index < -0.39 is 11.7 Å². The Labute approximate surface area is 93.7 Å². The molecule has 1 rings (SSSR count). The third-order valence-electron chi connectivity index (χ3n) is 1.49. The fraction of sp³-hybridized carbons (Fsp3) is 0.500. The molecule has 2 N–H and O–H groups in total. The van der Waals surface area contributed by atoms with Crippen LogP contribution >= 0.6 is 0 Å². The van der Waals surface area contributed by atoms with Gasteiger partial charge in [0.2, 0.25) is 0 Å². The average Bonchev–Trinajstić information content (AvgIpc) is 2.16. The molecule has 0 aromatic carbocycles. The van der Waals surface area contributed by atoms with Gasteiger partial charge in [-0.1, -0.05) is 0 Å². The topological polar surface area (TPSA) is 84.3 Å². The number of aliphatic hydroxyl groups is 1. The van der Waals surface area contributed by atoms with Gasteiger partial charge in [0.05, 0.1) is 18.1 Å². The molecule has 0 aliphatic carbocycles. The molecule has 0 saturated carbocycles. The standard InChI is InChI=1S/C10H15N3O3/c1-10(2,3)16-9(15)13-7-4-11-8(6-14)12-5-7/h4-5,14H,6H2,1-3H3,(H,13,15). The average molecular weight is 225 g/mol. The molecule has 0 bridgehead atoms. The van der Waals surface area contributed by atoms with Gasteiger partial charge in [0.1, 0.15) is 12.2 Å². The van der Waals surface area contributed by atoms with Gasteiger partial charge in [0, 0.05) is 0 Å². The van der Waals surface area contributed by atoms with E-state index in [2.05, 4.69) is 15.3 Å². The molecule has 0 fully saturated rings. The first-order chi connectivity index (χ1) is 7.40. The van der Waals surface area contributed by atoms with Crippen molar-refractivity contribution in [3.63, 3.8) is 0 Å². The highest BCUT2D eigenvalue weighted by Crippen LogP contribution is 2.10. The van der Waals surface area contributed by atoms with E-state index in [-0.39, 0.29) is 6.61 Å². The first-order valence-electron chi connectivity index (χ1n) is 4.82. The van der Waals surface area contributed by atoms with Gasteiger partial charge in [-0.25, -0.2) is 14.8 Å². The summed E-state index contributed by atoms with van der Waals surface area (Å²) in [5.74, 6) is 0.301. The molecule has 6 nitrogen and oxygen atoms in total. The van der Waals surface area contributed by atoms with E-state index in [0.717, 1.165) is 0 Å². The minimum Gasteiger partial charge on any atom is -0.444 e. The largest absolute Gasteiger partial charge is 0.444 e. The van der Waals surface area contributed by atoms with Crippen molar-refractivity contribution >= 4 is 11.8 Å². The van der Waals surface area contributed by atoms with Crippen LogP contribution in [0.2, 0.25) is 0 Å². The maximum absolute atomic E-state index is 11.3. The maximum Gasteiger partial charge on any atom is 0.412 e. The lowest BCUT2D eigenvalue weighted by molar-refractivity contribution is 0.0636. The number of hydrogen-bond donors (Lipinski definition) is 2. The number of nitrogens with zero attached hydrogens (tertiary/aromatic N) is 2. The van der Waals surface area contributed by atoms with Crippen LogP contribution in [-0.2, 0) is 11.3 Å². The van der Waals surface area contributed by atoms with Gasteiger partial charge in [-0.3, -0.25) is 5.32 Å². The summed E-state index contributed by atoms with van der Waals surface area (Å²) in [7, 11) is 0. The molecule has 0 aliphatic rings. The van der Waals surface area contributed by atoms with Gasteiger partial charge < -0.3 is 9.84 Å². The number of aromatic nitrogens is 2. The van der Waals surface area contributed by atoms with Crippen molar-refractivity contribution in [3.05, 3.63) is 18.2 Å². The summed E-state index contributed by atoms with van der Waals surface area (Å²) in [4.78, 5) is 19.0. The van der Waals surface area contributed by atoms with E-state index in [1.54, 1.807) is 20.8 Å². The molecule has 0 saturated heterocycles. The fourth-order valence-electron chi connectivity index (χ4n) is 0.922. The first-order valence-corrected chi connectivity index (χ1v) is 4.82. The van der Waals surface area contributed by atoms with Gasteiger partial charge in [-0.05, 0) is 20.8 Å². The Morgan fingerprint density at radius 1 is 1.44 bits per heavy atom. The highest BCUT2D eigenvalue weighted by atomic mass is 16.6. The first kappa shape index (κ1) is 12.4. The Morgan fingerprint density at radius 2 is 2.00 bits per heavy atom. The van der Waals surface area contributed by atoms with Crippen LogP contribution in [0.4, 0.5) is 10.5 Å². The summed E-state index contributed by atoms with van der Waals surface area (Å²) in [5, 5.41) is 11.2. The maximum atomic E-state index is 11.3. The highest BCUT2D eigenvalue weighted by Gasteiger charge is 2.16. The zero-order chi connectivity index (χ0) is 12.2. The lowest BCUT2D eigenvalue weighted by atomic mass is 10.2. The normalized spacial score (nSPS) is 11.0. The van der Waals surface area contributed by atoms with Gasteiger partial charge in [0.15, 0.2) is 5.82 Å². The Balaban J connectivity index is 2.56. The summed E-state index contributed by atoms with van der Waals surface area (Å²) in [5.41, 5.74) is -0.123. The number of carbonyl (C=O) groups excluding carboxylic acids is 1. The quantitative estimate of drug-likeness (QED) is 0.792. The van der Waals surface area contributed by atoms with E-state index in [1.165, 1.54) is 12.4 Å². The van der Waals surface area contributed by atoms with Crippen molar-refractivity contribution in [2.75, 3.05) is 5.32 Å². The second kappa shape index (κ2) is 4.89. The lowest BCUT2D eigenvalue weighted by Crippen LogP contribution is -2.27. The zero-order valence-corrected chi connectivity index (χ0v) is 9.52. The van der Waals surface area contributed by atoms with E-state index in [0.29, 0.717) is 11.5 Å². The SMILES string of the molecule is CC(C)(C)OC(=O)Nc1cnc(CO)nc1. The number of nitrogens with one attached hydrogen (secondary N) is 1. The van der Waals surface area contributed by atoms with Crippen molar-refractivity contribution < 1.29 is 14.6 Å². The molecular formula is C10H15N3O3. The van der Waals surface area contributed by atoms with Crippen molar-refractivity contribution in [1.82, 2.24) is 9.97 Å². The Bertz CT molecular complexity index is 357. The molecule has 0 unspecified atom stereocenters. The van der Waals surface area contributed by atoms with Gasteiger partial charge in [0.25, 0.3) is 0 Å². The zero-order valence-electron chi connectivity index (χ0n) is 9.52. The molecule has 0 radical (unpaired) electrons. The molecule has 0 atom stereocenters. The van der Waals surface area contributed by atoms with Crippen molar-refractivity contribution in [2.45, 2.75) is 33.0 Å². The number of rotatable bonds is 2. The summed E-state index contributed by atoms with van der Waals surface area (Å²) in [6.45, 7) is 5.10. The number of amides is 1. The fourth-order valence-corrected chi connectivity index (χ4v) is 0.922. The van der Waals surface area contributed by atoms with Crippen molar-refractivity contribution in [2.24, 2.45) is 0 Å². The minimum atomic E-state index is -0.562. The smallest absolute Gasteiger partial charge is 0.412 e. The second-order valence-corrected chi connectivity index (χ2v) is 4.17. The molecule has 16 heavy (non-hydrogen) atoms. The third kappa shape index (κ3) is 4.22. The van der Waals surface area contributed by atoms with Crippen LogP contribution < -0.4 is 5.32 Å².